The van der Waals surface area contributed by atoms with Gasteiger partial charge in [-0.2, -0.15) is 0 Å². The van der Waals surface area contributed by atoms with Crippen LogP contribution >= 0.6 is 0 Å². The number of nitrogens with zero attached hydrogens (tertiary/aromatic N) is 2. The molecule has 0 aromatic rings. The molecule has 4 aliphatic heterocycles. The van der Waals surface area contributed by atoms with Crippen molar-refractivity contribution in [3.05, 3.63) is 24.4 Å². The van der Waals surface area contributed by atoms with E-state index < -0.39 is 16.9 Å². The first kappa shape index (κ1) is 20.2. The minimum Gasteiger partial charge on any atom is -0.349 e. The number of imide groups is 1. The van der Waals surface area contributed by atoms with Crippen molar-refractivity contribution in [2.75, 3.05) is 32.9 Å². The predicted octanol–water partition coefficient (Wildman–Crippen LogP) is 2.12. The molecule has 5 rings (SSSR count). The van der Waals surface area contributed by atoms with Gasteiger partial charge in [0.1, 0.15) is 0 Å². The standard InChI is InChI=1S/C22H31N3O5/c1-3-4-5-10-23-19(27)25-17-8-9-21(28-12-13-29-21)15-20(17,2)22(18(25)26)24-11-6-7-16(24)14-30-22/h3,8,16H,1,4-7,9-15H2,2H3,(H,23,27)/t16-,20+,22+/m0/s1. The van der Waals surface area contributed by atoms with Gasteiger partial charge >= 0.3 is 6.03 Å². The highest BCUT2D eigenvalue weighted by atomic mass is 16.7. The normalized spacial score (nSPS) is 37.0. The van der Waals surface area contributed by atoms with Crippen LogP contribution in [-0.2, 0) is 19.0 Å². The van der Waals surface area contributed by atoms with E-state index in [0.29, 0.717) is 44.9 Å². The molecule has 8 heteroatoms. The van der Waals surface area contributed by atoms with Gasteiger partial charge in [0, 0.05) is 37.7 Å². The molecule has 0 bridgehead atoms. The van der Waals surface area contributed by atoms with E-state index in [-0.39, 0.29) is 18.0 Å². The molecule has 0 radical (unpaired) electrons. The number of fused-ring (bicyclic) bond motifs is 4. The molecule has 164 valence electrons. The minimum absolute atomic E-state index is 0.214. The molecule has 2 spiro atoms. The Labute approximate surface area is 177 Å². The minimum atomic E-state index is -1.18. The third kappa shape index (κ3) is 2.60. The van der Waals surface area contributed by atoms with E-state index in [1.165, 1.54) is 4.90 Å². The molecular weight excluding hydrogens is 386 g/mol. The third-order valence-corrected chi connectivity index (χ3v) is 7.42. The highest BCUT2D eigenvalue weighted by molar-refractivity contribution is 6.04. The summed E-state index contributed by atoms with van der Waals surface area (Å²) in [5, 5.41) is 2.91. The molecule has 0 aromatic carbocycles. The number of nitrogens with one attached hydrogen (secondary N) is 1. The predicted molar refractivity (Wildman–Crippen MR) is 108 cm³/mol. The van der Waals surface area contributed by atoms with Crippen molar-refractivity contribution in [2.45, 2.75) is 63.0 Å². The van der Waals surface area contributed by atoms with Crippen molar-refractivity contribution in [3.8, 4) is 0 Å². The summed E-state index contributed by atoms with van der Waals surface area (Å²) >= 11 is 0. The van der Waals surface area contributed by atoms with Gasteiger partial charge in [-0.15, -0.1) is 6.58 Å². The lowest BCUT2D eigenvalue weighted by atomic mass is 9.69. The van der Waals surface area contributed by atoms with Gasteiger partial charge in [-0.05, 0) is 32.6 Å². The molecule has 0 saturated carbocycles. The second-order valence-corrected chi connectivity index (χ2v) is 9.16. The summed E-state index contributed by atoms with van der Waals surface area (Å²) in [5.74, 6) is -1.03. The average Bonchev–Trinajstić information content (AvgIpc) is 3.46. The molecule has 1 aliphatic carbocycles. The second kappa shape index (κ2) is 7.15. The van der Waals surface area contributed by atoms with Gasteiger partial charge in [0.05, 0.1) is 25.2 Å². The van der Waals surface area contributed by atoms with Crippen molar-refractivity contribution in [1.29, 1.82) is 0 Å². The molecule has 4 fully saturated rings. The van der Waals surface area contributed by atoms with Crippen LogP contribution in [0.1, 0.15) is 45.4 Å². The third-order valence-electron chi connectivity index (χ3n) is 7.42. The first-order valence-electron chi connectivity index (χ1n) is 11.1. The van der Waals surface area contributed by atoms with Gasteiger partial charge in [0.15, 0.2) is 5.79 Å². The molecule has 4 saturated heterocycles. The van der Waals surface area contributed by atoms with Crippen LogP contribution in [0, 0.1) is 5.41 Å². The average molecular weight is 418 g/mol. The molecule has 3 amide bonds. The van der Waals surface area contributed by atoms with Crippen LogP contribution in [0.3, 0.4) is 0 Å². The topological polar surface area (TPSA) is 80.3 Å². The lowest BCUT2D eigenvalue weighted by Crippen LogP contribution is -2.61. The van der Waals surface area contributed by atoms with Crippen LogP contribution in [-0.4, -0.2) is 72.2 Å². The Hall–Kier alpha value is -1.74. The number of ether oxygens (including phenoxy) is 3. The Morgan fingerprint density at radius 3 is 2.93 bits per heavy atom. The number of carbonyl (C=O) groups is 2. The second-order valence-electron chi connectivity index (χ2n) is 9.16. The zero-order valence-corrected chi connectivity index (χ0v) is 17.7. The first-order chi connectivity index (χ1) is 14.5. The monoisotopic (exact) mass is 417 g/mol. The van der Waals surface area contributed by atoms with E-state index in [1.807, 2.05) is 19.1 Å². The highest BCUT2D eigenvalue weighted by Gasteiger charge is 2.75. The quantitative estimate of drug-likeness (QED) is 0.558. The van der Waals surface area contributed by atoms with Gasteiger partial charge in [-0.3, -0.25) is 9.69 Å². The number of rotatable bonds is 4. The van der Waals surface area contributed by atoms with Crippen molar-refractivity contribution in [3.63, 3.8) is 0 Å². The Morgan fingerprint density at radius 2 is 2.17 bits per heavy atom. The summed E-state index contributed by atoms with van der Waals surface area (Å²) in [7, 11) is 0. The number of hydrogen-bond acceptors (Lipinski definition) is 6. The number of carbonyl (C=O) groups excluding carboxylic acids is 2. The Morgan fingerprint density at radius 1 is 1.37 bits per heavy atom. The van der Waals surface area contributed by atoms with Gasteiger partial charge in [-0.1, -0.05) is 12.2 Å². The molecule has 30 heavy (non-hydrogen) atoms. The smallest absolute Gasteiger partial charge is 0.328 e. The number of unbranched alkanes of at least 4 members (excludes halogenated alkanes) is 1. The van der Waals surface area contributed by atoms with E-state index >= 15 is 0 Å². The molecule has 0 aromatic heterocycles. The number of hydrogen-bond donors (Lipinski definition) is 1. The summed E-state index contributed by atoms with van der Waals surface area (Å²) in [6.07, 6.45) is 8.43. The largest absolute Gasteiger partial charge is 0.349 e. The van der Waals surface area contributed by atoms with E-state index in [9.17, 15) is 9.59 Å². The zero-order valence-electron chi connectivity index (χ0n) is 17.7. The molecule has 5 aliphatic rings. The van der Waals surface area contributed by atoms with E-state index in [0.717, 1.165) is 32.2 Å². The number of likely N-dealkylation sites (tertiary alicyclic amines) is 1. The Kier molecular flexibility index (Phi) is 4.81. The lowest BCUT2D eigenvalue weighted by molar-refractivity contribution is -0.216. The number of urea groups is 1. The van der Waals surface area contributed by atoms with E-state index in [1.54, 1.807) is 0 Å². The highest BCUT2D eigenvalue weighted by Crippen LogP contribution is 2.62. The molecule has 4 heterocycles. The summed E-state index contributed by atoms with van der Waals surface area (Å²) in [6, 6.07) is -0.167. The summed E-state index contributed by atoms with van der Waals surface area (Å²) < 4.78 is 18.4. The molecule has 0 unspecified atom stereocenters. The van der Waals surface area contributed by atoms with Gasteiger partial charge in [-0.25, -0.2) is 9.69 Å². The first-order valence-corrected chi connectivity index (χ1v) is 11.1. The molecule has 3 atom stereocenters. The maximum Gasteiger partial charge on any atom is 0.328 e. The van der Waals surface area contributed by atoms with E-state index in [2.05, 4.69) is 16.8 Å². The van der Waals surface area contributed by atoms with Crippen molar-refractivity contribution in [1.82, 2.24) is 15.1 Å². The summed E-state index contributed by atoms with van der Waals surface area (Å²) in [6.45, 7) is 8.63. The Balaban J connectivity index is 1.52. The summed E-state index contributed by atoms with van der Waals surface area (Å²) in [4.78, 5) is 30.6. The van der Waals surface area contributed by atoms with Crippen LogP contribution in [0.5, 0.6) is 0 Å². The number of amides is 3. The molecule has 1 N–H and O–H groups in total. The SMILES string of the molecule is C=CCCCNC(=O)N1C(=O)[C@@]2(OC[C@@H]3CCCN32)[C@]2(C)CC3(CC=C12)OCCO3. The van der Waals surface area contributed by atoms with Gasteiger partial charge < -0.3 is 19.5 Å². The maximum absolute atomic E-state index is 13.9. The fourth-order valence-corrected chi connectivity index (χ4v) is 6.13. The van der Waals surface area contributed by atoms with Crippen LogP contribution in [0.4, 0.5) is 4.79 Å². The Bertz CT molecular complexity index is 792. The van der Waals surface area contributed by atoms with Crippen LogP contribution in [0.25, 0.3) is 0 Å². The van der Waals surface area contributed by atoms with Crippen molar-refractivity contribution < 1.29 is 23.8 Å². The van der Waals surface area contributed by atoms with Gasteiger partial charge in [0.25, 0.3) is 5.91 Å². The van der Waals surface area contributed by atoms with Crippen molar-refractivity contribution in [2.24, 2.45) is 5.41 Å². The number of allylic oxidation sites excluding steroid dienone is 1. The fourth-order valence-electron chi connectivity index (χ4n) is 6.13. The van der Waals surface area contributed by atoms with E-state index in [4.69, 9.17) is 14.2 Å². The van der Waals surface area contributed by atoms with Crippen molar-refractivity contribution >= 4 is 11.9 Å². The fraction of sp³-hybridized carbons (Fsp3) is 0.727. The van der Waals surface area contributed by atoms with Crippen LogP contribution in [0.15, 0.2) is 24.4 Å². The summed E-state index contributed by atoms with van der Waals surface area (Å²) in [5.41, 5.74) is -1.20. The maximum atomic E-state index is 13.9. The molecule has 8 nitrogen and oxygen atoms in total. The van der Waals surface area contributed by atoms with Gasteiger partial charge in [0.2, 0.25) is 5.72 Å². The van der Waals surface area contributed by atoms with Crippen LogP contribution < -0.4 is 5.32 Å². The molecular formula is C22H31N3O5. The van der Waals surface area contributed by atoms with Crippen LogP contribution in [0.2, 0.25) is 0 Å². The zero-order chi connectivity index (χ0) is 21.0. The lowest BCUT2D eigenvalue weighted by Gasteiger charge is -2.47.